The van der Waals surface area contributed by atoms with Crippen molar-refractivity contribution in [2.45, 2.75) is 18.7 Å². The van der Waals surface area contributed by atoms with Crippen molar-refractivity contribution in [1.82, 2.24) is 24.1 Å². The highest BCUT2D eigenvalue weighted by atomic mass is 32.2. The van der Waals surface area contributed by atoms with Crippen molar-refractivity contribution in [2.75, 3.05) is 13.1 Å². The van der Waals surface area contributed by atoms with E-state index in [1.165, 1.54) is 4.31 Å². The van der Waals surface area contributed by atoms with Crippen LogP contribution in [0.2, 0.25) is 0 Å². The molecular formula is C30H26N6O3S. The number of sulfonamides is 1. The summed E-state index contributed by atoms with van der Waals surface area (Å²) in [4.78, 5) is 20.0. The third kappa shape index (κ3) is 5.08. The first-order valence-electron chi connectivity index (χ1n) is 12.7. The number of aromatic amines is 1. The lowest BCUT2D eigenvalue weighted by Crippen LogP contribution is -2.30. The molecule has 2 heterocycles. The zero-order chi connectivity index (χ0) is 28.3. The fraction of sp³-hybridized carbons (Fsp3) is 0.133. The second-order valence-corrected chi connectivity index (χ2v) is 10.9. The van der Waals surface area contributed by atoms with E-state index in [4.69, 9.17) is 5.10 Å². The molecule has 9 nitrogen and oxygen atoms in total. The highest BCUT2D eigenvalue weighted by molar-refractivity contribution is 7.89. The summed E-state index contributed by atoms with van der Waals surface area (Å²) in [6.07, 6.45) is 3.35. The normalized spacial score (nSPS) is 12.1. The largest absolute Gasteiger partial charge is 0.305 e. The zero-order valence-electron chi connectivity index (χ0n) is 21.9. The zero-order valence-corrected chi connectivity index (χ0v) is 22.8. The summed E-state index contributed by atoms with van der Waals surface area (Å²) in [7, 11) is -3.70. The quantitative estimate of drug-likeness (QED) is 0.275. The lowest BCUT2D eigenvalue weighted by Gasteiger charge is -2.18. The van der Waals surface area contributed by atoms with E-state index in [1.807, 2.05) is 30.3 Å². The first-order chi connectivity index (χ1) is 19.3. The van der Waals surface area contributed by atoms with Crippen molar-refractivity contribution in [2.24, 2.45) is 0 Å². The maximum Gasteiger partial charge on any atom is 0.259 e. The van der Waals surface area contributed by atoms with E-state index < -0.39 is 10.0 Å². The predicted octanol–water partition coefficient (Wildman–Crippen LogP) is 4.87. The molecule has 40 heavy (non-hydrogen) atoms. The molecule has 0 saturated heterocycles. The molecule has 0 amide bonds. The monoisotopic (exact) mass is 550 g/mol. The van der Waals surface area contributed by atoms with Gasteiger partial charge < -0.3 is 4.98 Å². The molecule has 10 heteroatoms. The Labute approximate surface area is 231 Å². The Morgan fingerprint density at radius 2 is 1.75 bits per heavy atom. The molecule has 0 aliphatic carbocycles. The van der Waals surface area contributed by atoms with Gasteiger partial charge in [-0.15, -0.1) is 0 Å². The number of hydrogen-bond acceptors (Lipinski definition) is 6. The summed E-state index contributed by atoms with van der Waals surface area (Å²) in [5, 5.41) is 15.3. The maximum atomic E-state index is 13.2. The smallest absolute Gasteiger partial charge is 0.259 e. The first-order valence-corrected chi connectivity index (χ1v) is 14.2. The SMILES string of the molecule is CCN(CC)S(=O)(=O)c1cccc(-c2nn(-c3ccccc3)cc2/C=C(\C#N)c2nc3ccccc3c(=O)[nH]2)c1. The number of allylic oxidation sites excluding steroid dienone is 1. The van der Waals surface area contributed by atoms with Crippen LogP contribution in [0.25, 0.3) is 39.5 Å². The van der Waals surface area contributed by atoms with E-state index in [0.29, 0.717) is 40.8 Å². The van der Waals surface area contributed by atoms with Gasteiger partial charge in [-0.3, -0.25) is 4.79 Å². The molecule has 0 atom stereocenters. The minimum absolute atomic E-state index is 0.127. The molecule has 200 valence electrons. The molecule has 0 radical (unpaired) electrons. The molecule has 0 spiro atoms. The van der Waals surface area contributed by atoms with Gasteiger partial charge in [-0.25, -0.2) is 18.1 Å². The van der Waals surface area contributed by atoms with E-state index in [9.17, 15) is 18.5 Å². The summed E-state index contributed by atoms with van der Waals surface area (Å²) >= 11 is 0. The van der Waals surface area contributed by atoms with Crippen LogP contribution in [0.15, 0.2) is 94.7 Å². The lowest BCUT2D eigenvalue weighted by molar-refractivity contribution is 0.445. The Hall–Kier alpha value is -4.85. The maximum absolute atomic E-state index is 13.2. The van der Waals surface area contributed by atoms with Gasteiger partial charge in [0.2, 0.25) is 10.0 Å². The average Bonchev–Trinajstić information content (AvgIpc) is 3.41. The third-order valence-corrected chi connectivity index (χ3v) is 8.55. The van der Waals surface area contributed by atoms with E-state index in [1.54, 1.807) is 79.3 Å². The number of nitrogens with one attached hydrogen (secondary N) is 1. The Morgan fingerprint density at radius 1 is 1.02 bits per heavy atom. The summed E-state index contributed by atoms with van der Waals surface area (Å²) < 4.78 is 29.5. The third-order valence-electron chi connectivity index (χ3n) is 6.50. The van der Waals surface area contributed by atoms with Crippen molar-refractivity contribution < 1.29 is 8.42 Å². The number of fused-ring (bicyclic) bond motifs is 1. The van der Waals surface area contributed by atoms with Crippen molar-refractivity contribution in [3.8, 4) is 23.0 Å². The van der Waals surface area contributed by atoms with Crippen LogP contribution < -0.4 is 5.56 Å². The molecule has 0 unspecified atom stereocenters. The van der Waals surface area contributed by atoms with Crippen LogP contribution in [0, 0.1) is 11.3 Å². The fourth-order valence-electron chi connectivity index (χ4n) is 4.47. The number of nitrogens with zero attached hydrogens (tertiary/aromatic N) is 5. The Kier molecular flexibility index (Phi) is 7.42. The molecule has 0 aliphatic rings. The van der Waals surface area contributed by atoms with E-state index in [-0.39, 0.29) is 21.9 Å². The first kappa shape index (κ1) is 26.7. The van der Waals surface area contributed by atoms with Crippen LogP contribution in [0.1, 0.15) is 25.2 Å². The number of para-hydroxylation sites is 2. The van der Waals surface area contributed by atoms with Gasteiger partial charge in [-0.05, 0) is 42.5 Å². The Morgan fingerprint density at radius 3 is 2.48 bits per heavy atom. The number of nitriles is 1. The van der Waals surface area contributed by atoms with Gasteiger partial charge >= 0.3 is 0 Å². The Bertz CT molecular complexity index is 1930. The molecule has 0 bridgehead atoms. The molecule has 2 aromatic heterocycles. The van der Waals surface area contributed by atoms with Crippen molar-refractivity contribution >= 4 is 32.6 Å². The molecule has 0 fully saturated rings. The summed E-state index contributed by atoms with van der Waals surface area (Å²) in [5.41, 5.74) is 2.61. The summed E-state index contributed by atoms with van der Waals surface area (Å²) in [6, 6.07) is 25.1. The van der Waals surface area contributed by atoms with Crippen LogP contribution in [0.3, 0.4) is 0 Å². The van der Waals surface area contributed by atoms with Crippen LogP contribution in [-0.2, 0) is 10.0 Å². The molecule has 0 aliphatic heterocycles. The van der Waals surface area contributed by atoms with Crippen LogP contribution in [-0.4, -0.2) is 45.6 Å². The van der Waals surface area contributed by atoms with Gasteiger partial charge in [0, 0.05) is 30.4 Å². The van der Waals surface area contributed by atoms with E-state index in [0.717, 1.165) is 5.69 Å². The van der Waals surface area contributed by atoms with Crippen molar-refractivity contribution in [3.05, 3.63) is 107 Å². The van der Waals surface area contributed by atoms with Gasteiger partial charge in [0.25, 0.3) is 5.56 Å². The number of hydrogen-bond donors (Lipinski definition) is 1. The van der Waals surface area contributed by atoms with Gasteiger partial charge in [0.15, 0.2) is 5.82 Å². The van der Waals surface area contributed by atoms with Gasteiger partial charge in [0.1, 0.15) is 11.8 Å². The van der Waals surface area contributed by atoms with Crippen LogP contribution >= 0.6 is 0 Å². The second-order valence-electron chi connectivity index (χ2n) is 8.93. The summed E-state index contributed by atoms with van der Waals surface area (Å²) in [5.74, 6) is 0.127. The minimum Gasteiger partial charge on any atom is -0.305 e. The number of H-pyrrole nitrogens is 1. The standard InChI is InChI=1S/C30H26N6O3S/c1-3-35(4-2)40(38,39)25-14-10-11-21(18-25)28-23(20-36(34-28)24-12-6-5-7-13-24)17-22(19-31)29-32-27-16-9-8-15-26(27)30(37)33-29/h5-18,20H,3-4H2,1-2H3,(H,32,33,37)/b22-17+. The molecule has 3 aromatic carbocycles. The highest BCUT2D eigenvalue weighted by Gasteiger charge is 2.23. The van der Waals surface area contributed by atoms with E-state index in [2.05, 4.69) is 16.0 Å². The number of rotatable bonds is 8. The molecule has 1 N–H and O–H groups in total. The van der Waals surface area contributed by atoms with Crippen molar-refractivity contribution in [1.29, 1.82) is 5.26 Å². The van der Waals surface area contributed by atoms with Gasteiger partial charge in [0.05, 0.1) is 27.1 Å². The van der Waals surface area contributed by atoms with Crippen LogP contribution in [0.4, 0.5) is 0 Å². The molecular weight excluding hydrogens is 524 g/mol. The number of benzene rings is 3. The topological polar surface area (TPSA) is 125 Å². The van der Waals surface area contributed by atoms with E-state index >= 15 is 0 Å². The highest BCUT2D eigenvalue weighted by Crippen LogP contribution is 2.29. The fourth-order valence-corrected chi connectivity index (χ4v) is 5.97. The molecule has 5 rings (SSSR count). The molecule has 0 saturated carbocycles. The Balaban J connectivity index is 1.69. The van der Waals surface area contributed by atoms with Crippen LogP contribution in [0.5, 0.6) is 0 Å². The molecule has 5 aromatic rings. The number of aromatic nitrogens is 4. The minimum atomic E-state index is -3.70. The van der Waals surface area contributed by atoms with Gasteiger partial charge in [-0.2, -0.15) is 14.7 Å². The average molecular weight is 551 g/mol. The predicted molar refractivity (Wildman–Crippen MR) is 155 cm³/mol. The second kappa shape index (κ2) is 11.1. The van der Waals surface area contributed by atoms with Crippen molar-refractivity contribution in [3.63, 3.8) is 0 Å². The summed E-state index contributed by atoms with van der Waals surface area (Å²) in [6.45, 7) is 4.29. The lowest BCUT2D eigenvalue weighted by atomic mass is 10.1. The van der Waals surface area contributed by atoms with Gasteiger partial charge in [-0.1, -0.05) is 56.3 Å².